The summed E-state index contributed by atoms with van der Waals surface area (Å²) >= 11 is 0. The first-order chi connectivity index (χ1) is 13.3. The average molecular weight is 380 g/mol. The lowest BCUT2D eigenvalue weighted by molar-refractivity contribution is 0.101. The van der Waals surface area contributed by atoms with Gasteiger partial charge in [-0.1, -0.05) is 0 Å². The number of Topliss-reactive ketones (excluding diaryl/α,β-unsaturated/α-hetero) is 1. The van der Waals surface area contributed by atoms with E-state index in [-0.39, 0.29) is 22.8 Å². The zero-order chi connectivity index (χ0) is 20.2. The first-order valence-corrected chi connectivity index (χ1v) is 9.18. The molecule has 3 aromatic rings. The van der Waals surface area contributed by atoms with Crippen molar-refractivity contribution in [3.8, 4) is 11.1 Å². The number of halogens is 1. The zero-order valence-corrected chi connectivity index (χ0v) is 16.3. The number of rotatable bonds is 4. The number of hydrogen-bond donors (Lipinski definition) is 0. The summed E-state index contributed by atoms with van der Waals surface area (Å²) in [7, 11) is 3.66. The number of carbonyl (C=O) groups excluding carboxylic acids is 1. The maximum atomic E-state index is 15.1. The predicted molar refractivity (Wildman–Crippen MR) is 107 cm³/mol. The van der Waals surface area contributed by atoms with Crippen LogP contribution in [0.2, 0.25) is 0 Å². The number of fused-ring (bicyclic) bond motifs is 1. The van der Waals surface area contributed by atoms with E-state index in [0.29, 0.717) is 28.2 Å². The number of anilines is 1. The molecular weight excluding hydrogens is 359 g/mol. The molecule has 7 heteroatoms. The first-order valence-electron chi connectivity index (χ1n) is 9.18. The van der Waals surface area contributed by atoms with Gasteiger partial charge >= 0.3 is 0 Å². The quantitative estimate of drug-likeness (QED) is 0.648. The molecule has 4 rings (SSSR count). The summed E-state index contributed by atoms with van der Waals surface area (Å²) in [5.74, 6) is -0.300. The largest absolute Gasteiger partial charge is 0.347 e. The highest BCUT2D eigenvalue weighted by molar-refractivity contribution is 5.99. The predicted octanol–water partition coefficient (Wildman–Crippen LogP) is 3.51. The standard InChI is InChI=1S/C21H21FN4O2/c1-11-18(13-8-23-21(24-9-13)25(3)4)17(22)7-15-19(11)26(14-5-6-14)10-16(12(2)27)20(15)28/h7-10,14H,5-6H2,1-4H3. The Balaban J connectivity index is 2.02. The monoisotopic (exact) mass is 380 g/mol. The normalized spacial score (nSPS) is 13.8. The van der Waals surface area contributed by atoms with Crippen LogP contribution in [0.3, 0.4) is 0 Å². The number of nitrogens with zero attached hydrogens (tertiary/aromatic N) is 4. The number of ketones is 1. The van der Waals surface area contributed by atoms with Crippen LogP contribution in [-0.4, -0.2) is 34.4 Å². The van der Waals surface area contributed by atoms with Gasteiger partial charge in [-0.2, -0.15) is 0 Å². The summed E-state index contributed by atoms with van der Waals surface area (Å²) in [6.07, 6.45) is 6.75. The highest BCUT2D eigenvalue weighted by Crippen LogP contribution is 2.40. The molecule has 0 spiro atoms. The van der Waals surface area contributed by atoms with Gasteiger partial charge in [0, 0.05) is 55.2 Å². The second kappa shape index (κ2) is 6.51. The van der Waals surface area contributed by atoms with Crippen LogP contribution in [0, 0.1) is 12.7 Å². The Kier molecular flexibility index (Phi) is 4.25. The minimum absolute atomic E-state index is 0.101. The van der Waals surface area contributed by atoms with Gasteiger partial charge in [0.1, 0.15) is 5.82 Å². The molecule has 0 radical (unpaired) electrons. The molecule has 0 atom stereocenters. The van der Waals surface area contributed by atoms with Gasteiger partial charge in [-0.15, -0.1) is 0 Å². The van der Waals surface area contributed by atoms with Crippen molar-refractivity contribution in [3.63, 3.8) is 0 Å². The zero-order valence-electron chi connectivity index (χ0n) is 16.3. The number of benzene rings is 1. The molecule has 1 aromatic carbocycles. The number of carbonyl (C=O) groups is 1. The summed E-state index contributed by atoms with van der Waals surface area (Å²) in [4.78, 5) is 35.0. The molecule has 28 heavy (non-hydrogen) atoms. The van der Waals surface area contributed by atoms with E-state index in [9.17, 15) is 9.59 Å². The third kappa shape index (κ3) is 2.87. The van der Waals surface area contributed by atoms with Gasteiger partial charge in [-0.05, 0) is 38.3 Å². The van der Waals surface area contributed by atoms with Crippen LogP contribution in [0.4, 0.5) is 10.3 Å². The Labute approximate surface area is 161 Å². The molecule has 1 aliphatic carbocycles. The van der Waals surface area contributed by atoms with Crippen molar-refractivity contribution < 1.29 is 9.18 Å². The van der Waals surface area contributed by atoms with Crippen molar-refractivity contribution in [2.75, 3.05) is 19.0 Å². The molecule has 6 nitrogen and oxygen atoms in total. The molecule has 1 saturated carbocycles. The fraction of sp³-hybridized carbons (Fsp3) is 0.333. The molecule has 2 heterocycles. The van der Waals surface area contributed by atoms with Crippen LogP contribution in [0.1, 0.15) is 41.7 Å². The summed E-state index contributed by atoms with van der Waals surface area (Å²) in [6, 6.07) is 1.47. The maximum absolute atomic E-state index is 15.1. The lowest BCUT2D eigenvalue weighted by atomic mass is 9.97. The Morgan fingerprint density at radius 1 is 1.25 bits per heavy atom. The Morgan fingerprint density at radius 2 is 1.89 bits per heavy atom. The van der Waals surface area contributed by atoms with Gasteiger partial charge in [0.05, 0.1) is 11.1 Å². The van der Waals surface area contributed by atoms with Crippen LogP contribution >= 0.6 is 0 Å². The van der Waals surface area contributed by atoms with Crippen LogP contribution < -0.4 is 10.3 Å². The lowest BCUT2D eigenvalue weighted by Gasteiger charge is -2.18. The SMILES string of the molecule is CC(=O)c1cn(C2CC2)c2c(C)c(-c3cnc(N(C)C)nc3)c(F)cc2c1=O. The summed E-state index contributed by atoms with van der Waals surface area (Å²) in [6.45, 7) is 3.16. The van der Waals surface area contributed by atoms with Crippen LogP contribution in [-0.2, 0) is 0 Å². The van der Waals surface area contributed by atoms with Crippen molar-refractivity contribution in [1.82, 2.24) is 14.5 Å². The summed E-state index contributed by atoms with van der Waals surface area (Å²) in [5.41, 5.74) is 1.92. The number of hydrogen-bond acceptors (Lipinski definition) is 5. The molecule has 1 aliphatic rings. The van der Waals surface area contributed by atoms with Gasteiger partial charge in [-0.3, -0.25) is 9.59 Å². The minimum Gasteiger partial charge on any atom is -0.347 e. The van der Waals surface area contributed by atoms with Crippen LogP contribution in [0.25, 0.3) is 22.0 Å². The molecule has 0 unspecified atom stereocenters. The van der Waals surface area contributed by atoms with Crippen molar-refractivity contribution in [1.29, 1.82) is 0 Å². The Morgan fingerprint density at radius 3 is 2.43 bits per heavy atom. The van der Waals surface area contributed by atoms with Gasteiger partial charge < -0.3 is 9.47 Å². The molecule has 0 aliphatic heterocycles. The first kappa shape index (κ1) is 18.3. The second-order valence-electron chi connectivity index (χ2n) is 7.49. The van der Waals surface area contributed by atoms with E-state index in [4.69, 9.17) is 0 Å². The molecule has 2 aromatic heterocycles. The second-order valence-corrected chi connectivity index (χ2v) is 7.49. The van der Waals surface area contributed by atoms with E-state index in [1.54, 1.807) is 30.4 Å². The Bertz CT molecular complexity index is 1160. The van der Waals surface area contributed by atoms with Crippen LogP contribution in [0.15, 0.2) is 29.5 Å². The number of aryl methyl sites for hydroxylation is 1. The van der Waals surface area contributed by atoms with Crippen molar-refractivity contribution in [3.05, 3.63) is 51.8 Å². The van der Waals surface area contributed by atoms with E-state index in [0.717, 1.165) is 12.8 Å². The molecule has 144 valence electrons. The van der Waals surface area contributed by atoms with Gasteiger partial charge in [0.15, 0.2) is 11.2 Å². The maximum Gasteiger partial charge on any atom is 0.224 e. The molecule has 1 fully saturated rings. The third-order valence-corrected chi connectivity index (χ3v) is 5.16. The van der Waals surface area contributed by atoms with Crippen molar-refractivity contribution in [2.45, 2.75) is 32.7 Å². The summed E-state index contributed by atoms with van der Waals surface area (Å²) in [5, 5.41) is 0.240. The van der Waals surface area contributed by atoms with Gasteiger partial charge in [0.2, 0.25) is 5.95 Å². The smallest absolute Gasteiger partial charge is 0.224 e. The highest BCUT2D eigenvalue weighted by Gasteiger charge is 2.28. The van der Waals surface area contributed by atoms with E-state index in [1.807, 2.05) is 18.7 Å². The van der Waals surface area contributed by atoms with Crippen molar-refractivity contribution in [2.24, 2.45) is 0 Å². The lowest BCUT2D eigenvalue weighted by Crippen LogP contribution is -2.18. The van der Waals surface area contributed by atoms with E-state index in [1.165, 1.54) is 13.0 Å². The Hall–Kier alpha value is -3.09. The fourth-order valence-corrected chi connectivity index (χ4v) is 3.61. The minimum atomic E-state index is -0.522. The molecule has 0 amide bonds. The van der Waals surface area contributed by atoms with E-state index in [2.05, 4.69) is 9.97 Å². The van der Waals surface area contributed by atoms with Crippen LogP contribution in [0.5, 0.6) is 0 Å². The summed E-state index contributed by atoms with van der Waals surface area (Å²) < 4.78 is 17.0. The topological polar surface area (TPSA) is 68.1 Å². The number of pyridine rings is 1. The van der Waals surface area contributed by atoms with E-state index >= 15 is 4.39 Å². The molecular formula is C21H21FN4O2. The van der Waals surface area contributed by atoms with Crippen molar-refractivity contribution >= 4 is 22.6 Å². The molecule has 0 saturated heterocycles. The number of aromatic nitrogens is 3. The average Bonchev–Trinajstić information content (AvgIpc) is 3.47. The molecule has 0 bridgehead atoms. The van der Waals surface area contributed by atoms with Gasteiger partial charge in [0.25, 0.3) is 0 Å². The highest BCUT2D eigenvalue weighted by atomic mass is 19.1. The van der Waals surface area contributed by atoms with Gasteiger partial charge in [-0.25, -0.2) is 14.4 Å². The fourth-order valence-electron chi connectivity index (χ4n) is 3.61. The molecule has 0 N–H and O–H groups in total. The third-order valence-electron chi connectivity index (χ3n) is 5.16. The van der Waals surface area contributed by atoms with E-state index < -0.39 is 11.2 Å².